The van der Waals surface area contributed by atoms with Crippen LogP contribution in [0.4, 0.5) is 0 Å². The average molecular weight is 211 g/mol. The van der Waals surface area contributed by atoms with Crippen LogP contribution in [0, 0.1) is 6.92 Å². The predicted octanol–water partition coefficient (Wildman–Crippen LogP) is 0.231. The molecule has 0 fully saturated rings. The van der Waals surface area contributed by atoms with Crippen molar-refractivity contribution in [2.45, 2.75) is 19.8 Å². The molecule has 0 bridgehead atoms. The summed E-state index contributed by atoms with van der Waals surface area (Å²) in [6.07, 6.45) is 3.07. The fourth-order valence-electron chi connectivity index (χ4n) is 1.26. The van der Waals surface area contributed by atoms with Gasteiger partial charge < -0.3 is 10.4 Å². The van der Waals surface area contributed by atoms with Crippen molar-refractivity contribution in [1.82, 2.24) is 15.1 Å². The van der Waals surface area contributed by atoms with Gasteiger partial charge in [-0.2, -0.15) is 5.10 Å². The lowest BCUT2D eigenvalue weighted by molar-refractivity contribution is 0.0951. The first-order chi connectivity index (χ1) is 7.16. The third-order valence-electron chi connectivity index (χ3n) is 2.35. The Bertz CT molecular complexity index is 333. The van der Waals surface area contributed by atoms with Crippen LogP contribution in [-0.2, 0) is 7.05 Å². The highest BCUT2D eigenvalue weighted by Crippen LogP contribution is 2.04. The molecule has 5 nitrogen and oxygen atoms in total. The number of aliphatic hydroxyl groups excluding tert-OH is 1. The quantitative estimate of drug-likeness (QED) is 0.685. The maximum absolute atomic E-state index is 11.6. The zero-order valence-electron chi connectivity index (χ0n) is 9.16. The van der Waals surface area contributed by atoms with Gasteiger partial charge in [-0.05, 0) is 19.8 Å². The summed E-state index contributed by atoms with van der Waals surface area (Å²) in [4.78, 5) is 11.6. The number of unbranched alkanes of at least 4 members (excludes halogenated alkanes) is 1. The van der Waals surface area contributed by atoms with E-state index in [0.29, 0.717) is 18.5 Å². The number of carbonyl (C=O) groups is 1. The van der Waals surface area contributed by atoms with Crippen LogP contribution in [0.15, 0.2) is 6.20 Å². The minimum atomic E-state index is -0.0986. The number of amides is 1. The smallest absolute Gasteiger partial charge is 0.254 e. The van der Waals surface area contributed by atoms with Gasteiger partial charge in [-0.3, -0.25) is 9.48 Å². The van der Waals surface area contributed by atoms with Crippen LogP contribution >= 0.6 is 0 Å². The molecule has 0 radical (unpaired) electrons. The molecule has 0 saturated carbocycles. The van der Waals surface area contributed by atoms with Gasteiger partial charge >= 0.3 is 0 Å². The molecule has 0 aliphatic carbocycles. The summed E-state index contributed by atoms with van der Waals surface area (Å²) in [5.74, 6) is -0.0986. The molecule has 0 aliphatic heterocycles. The fraction of sp³-hybridized carbons (Fsp3) is 0.600. The third kappa shape index (κ3) is 3.06. The summed E-state index contributed by atoms with van der Waals surface area (Å²) in [7, 11) is 1.80. The van der Waals surface area contributed by atoms with Gasteiger partial charge in [0, 0.05) is 25.9 Å². The lowest BCUT2D eigenvalue weighted by Gasteiger charge is -2.03. The van der Waals surface area contributed by atoms with E-state index in [9.17, 15) is 4.79 Å². The number of nitrogens with zero attached hydrogens (tertiary/aromatic N) is 2. The standard InChI is InChI=1S/C10H17N3O2/c1-8-9(7-12-13(8)2)10(15)11-5-3-4-6-14/h7,14H,3-6H2,1-2H3,(H,11,15). The Hall–Kier alpha value is -1.36. The van der Waals surface area contributed by atoms with E-state index >= 15 is 0 Å². The predicted molar refractivity (Wildman–Crippen MR) is 56.6 cm³/mol. The maximum Gasteiger partial charge on any atom is 0.254 e. The average Bonchev–Trinajstić information content (AvgIpc) is 2.55. The molecule has 1 heterocycles. The van der Waals surface area contributed by atoms with E-state index in [1.165, 1.54) is 0 Å². The zero-order valence-corrected chi connectivity index (χ0v) is 9.16. The number of carbonyl (C=O) groups excluding carboxylic acids is 1. The van der Waals surface area contributed by atoms with E-state index in [2.05, 4.69) is 10.4 Å². The van der Waals surface area contributed by atoms with E-state index in [1.54, 1.807) is 17.9 Å². The SMILES string of the molecule is Cc1c(C(=O)NCCCCO)cnn1C. The van der Waals surface area contributed by atoms with Crippen molar-refractivity contribution in [3.8, 4) is 0 Å². The lowest BCUT2D eigenvalue weighted by atomic mass is 10.2. The first-order valence-electron chi connectivity index (χ1n) is 5.04. The molecule has 0 unspecified atom stereocenters. The summed E-state index contributed by atoms with van der Waals surface area (Å²) in [6, 6.07) is 0. The highest BCUT2D eigenvalue weighted by atomic mass is 16.2. The van der Waals surface area contributed by atoms with Crippen molar-refractivity contribution < 1.29 is 9.90 Å². The number of rotatable bonds is 5. The molecule has 15 heavy (non-hydrogen) atoms. The molecule has 0 aromatic carbocycles. The number of nitrogens with one attached hydrogen (secondary N) is 1. The van der Waals surface area contributed by atoms with Crippen LogP contribution < -0.4 is 5.32 Å². The Morgan fingerprint density at radius 2 is 2.33 bits per heavy atom. The Morgan fingerprint density at radius 1 is 1.60 bits per heavy atom. The molecule has 2 N–H and O–H groups in total. The molecule has 1 rings (SSSR count). The fourth-order valence-corrected chi connectivity index (χ4v) is 1.26. The Labute approximate surface area is 89.1 Å². The summed E-state index contributed by atoms with van der Waals surface area (Å²) >= 11 is 0. The van der Waals surface area contributed by atoms with Crippen LogP contribution in [0.1, 0.15) is 28.9 Å². The molecule has 0 atom stereocenters. The molecule has 84 valence electrons. The first kappa shape index (κ1) is 11.7. The van der Waals surface area contributed by atoms with E-state index in [0.717, 1.165) is 12.1 Å². The highest BCUT2D eigenvalue weighted by Gasteiger charge is 2.11. The van der Waals surface area contributed by atoms with Crippen molar-refractivity contribution in [3.63, 3.8) is 0 Å². The third-order valence-corrected chi connectivity index (χ3v) is 2.35. The first-order valence-corrected chi connectivity index (χ1v) is 5.04. The second-order valence-corrected chi connectivity index (χ2v) is 3.45. The number of hydrogen-bond acceptors (Lipinski definition) is 3. The Balaban J connectivity index is 2.44. The van der Waals surface area contributed by atoms with E-state index in [1.807, 2.05) is 6.92 Å². The van der Waals surface area contributed by atoms with Crippen molar-refractivity contribution in [2.24, 2.45) is 7.05 Å². The van der Waals surface area contributed by atoms with E-state index in [-0.39, 0.29) is 12.5 Å². The monoisotopic (exact) mass is 211 g/mol. The van der Waals surface area contributed by atoms with Gasteiger partial charge in [0.2, 0.25) is 0 Å². The Kier molecular flexibility index (Phi) is 4.30. The van der Waals surface area contributed by atoms with E-state index < -0.39 is 0 Å². The maximum atomic E-state index is 11.6. The highest BCUT2D eigenvalue weighted by molar-refractivity contribution is 5.94. The largest absolute Gasteiger partial charge is 0.396 e. The molecule has 1 amide bonds. The number of aryl methyl sites for hydroxylation is 1. The van der Waals surface area contributed by atoms with Crippen molar-refractivity contribution in [2.75, 3.05) is 13.2 Å². The summed E-state index contributed by atoms with van der Waals surface area (Å²) in [6.45, 7) is 2.62. The normalized spacial score (nSPS) is 10.3. The van der Waals surface area contributed by atoms with Crippen molar-refractivity contribution in [3.05, 3.63) is 17.5 Å². The van der Waals surface area contributed by atoms with E-state index in [4.69, 9.17) is 5.11 Å². The molecule has 5 heteroatoms. The summed E-state index contributed by atoms with van der Waals surface area (Å²) < 4.78 is 1.67. The van der Waals surface area contributed by atoms with Crippen molar-refractivity contribution >= 4 is 5.91 Å². The van der Waals surface area contributed by atoms with Crippen LogP contribution in [0.3, 0.4) is 0 Å². The van der Waals surface area contributed by atoms with Crippen LogP contribution in [-0.4, -0.2) is 33.9 Å². The topological polar surface area (TPSA) is 67.2 Å². The molecule has 0 saturated heterocycles. The van der Waals surface area contributed by atoms with Gasteiger partial charge in [0.15, 0.2) is 0 Å². The molecule has 1 aromatic rings. The number of hydrogen-bond donors (Lipinski definition) is 2. The number of aliphatic hydroxyl groups is 1. The minimum Gasteiger partial charge on any atom is -0.396 e. The van der Waals surface area contributed by atoms with Gasteiger partial charge in [0.25, 0.3) is 5.91 Å². The number of aromatic nitrogens is 2. The van der Waals surface area contributed by atoms with Gasteiger partial charge in [0.05, 0.1) is 11.8 Å². The van der Waals surface area contributed by atoms with Crippen LogP contribution in [0.25, 0.3) is 0 Å². The second kappa shape index (κ2) is 5.50. The van der Waals surface area contributed by atoms with Gasteiger partial charge in [-0.25, -0.2) is 0 Å². The molecular formula is C10H17N3O2. The van der Waals surface area contributed by atoms with Gasteiger partial charge in [-0.15, -0.1) is 0 Å². The van der Waals surface area contributed by atoms with Crippen LogP contribution in [0.5, 0.6) is 0 Å². The second-order valence-electron chi connectivity index (χ2n) is 3.45. The molecular weight excluding hydrogens is 194 g/mol. The van der Waals surface area contributed by atoms with Gasteiger partial charge in [-0.1, -0.05) is 0 Å². The lowest BCUT2D eigenvalue weighted by Crippen LogP contribution is -2.25. The molecule has 0 aliphatic rings. The molecule has 1 aromatic heterocycles. The Morgan fingerprint density at radius 3 is 2.87 bits per heavy atom. The van der Waals surface area contributed by atoms with Crippen LogP contribution in [0.2, 0.25) is 0 Å². The summed E-state index contributed by atoms with van der Waals surface area (Å²) in [5, 5.41) is 15.4. The minimum absolute atomic E-state index is 0.0986. The summed E-state index contributed by atoms with van der Waals surface area (Å²) in [5.41, 5.74) is 1.47. The van der Waals surface area contributed by atoms with Gasteiger partial charge in [0.1, 0.15) is 0 Å². The van der Waals surface area contributed by atoms with Crippen molar-refractivity contribution in [1.29, 1.82) is 0 Å². The zero-order chi connectivity index (χ0) is 11.3. The molecule has 0 spiro atoms.